The molecule has 4 nitrogen and oxygen atoms in total. The van der Waals surface area contributed by atoms with Gasteiger partial charge >= 0.3 is 17.8 Å². The molecule has 0 aliphatic heterocycles. The van der Waals surface area contributed by atoms with E-state index in [-0.39, 0.29) is 22.4 Å². The van der Waals surface area contributed by atoms with Crippen LogP contribution in [0.1, 0.15) is 89.5 Å². The van der Waals surface area contributed by atoms with E-state index in [0.29, 0.717) is 0 Å². The molecule has 0 amide bonds. The average molecular weight is 407 g/mol. The van der Waals surface area contributed by atoms with Gasteiger partial charge in [0, 0.05) is 11.2 Å². The van der Waals surface area contributed by atoms with Gasteiger partial charge in [-0.15, -0.1) is 0 Å². The van der Waals surface area contributed by atoms with Crippen molar-refractivity contribution in [2.24, 2.45) is 0 Å². The second-order valence-electron chi connectivity index (χ2n) is 11.3. The molecule has 0 aromatic carbocycles. The molecular weight excluding hydrogens is 360 g/mol. The summed E-state index contributed by atoms with van der Waals surface area (Å²) in [7, 11) is -4.06. The van der Waals surface area contributed by atoms with Gasteiger partial charge in [0.05, 0.1) is 11.2 Å². The average Bonchev–Trinajstić information content (AvgIpc) is 2.16. The first kappa shape index (κ1) is 26.3. The molecule has 0 aromatic heterocycles. The van der Waals surface area contributed by atoms with E-state index >= 15 is 0 Å². The zero-order valence-electron chi connectivity index (χ0n) is 19.8. The van der Waals surface area contributed by atoms with E-state index in [1.54, 1.807) is 0 Å². The lowest BCUT2D eigenvalue weighted by molar-refractivity contribution is 0.0172. The first-order chi connectivity index (χ1) is 11.2. The monoisotopic (exact) mass is 406 g/mol. The van der Waals surface area contributed by atoms with E-state index in [2.05, 4.69) is 89.6 Å². The van der Waals surface area contributed by atoms with E-state index in [1.165, 1.54) is 0 Å². The van der Waals surface area contributed by atoms with Crippen LogP contribution in [0.25, 0.3) is 0 Å². The molecular formula is C20H46O4Si2. The fourth-order valence-electron chi connectivity index (χ4n) is 2.94. The van der Waals surface area contributed by atoms with Gasteiger partial charge in [-0.05, 0) is 108 Å². The maximum absolute atomic E-state index is 6.44. The molecule has 0 radical (unpaired) electrons. The van der Waals surface area contributed by atoms with Crippen LogP contribution < -0.4 is 0 Å². The Balaban J connectivity index is 5.01. The van der Waals surface area contributed by atoms with E-state index in [4.69, 9.17) is 17.7 Å². The van der Waals surface area contributed by atoms with Crippen molar-refractivity contribution in [2.75, 3.05) is 0 Å². The molecule has 0 saturated carbocycles. The van der Waals surface area contributed by atoms with Gasteiger partial charge in [-0.2, -0.15) is 0 Å². The Morgan fingerprint density at radius 1 is 0.615 bits per heavy atom. The minimum absolute atomic E-state index is 0.174. The zero-order valence-corrected chi connectivity index (χ0v) is 22.0. The summed E-state index contributed by atoms with van der Waals surface area (Å²) in [6.07, 6.45) is 1.01. The fourth-order valence-corrected chi connectivity index (χ4v) is 9.43. The molecule has 0 unspecified atom stereocenters. The van der Waals surface area contributed by atoms with Gasteiger partial charge in [-0.3, -0.25) is 0 Å². The van der Waals surface area contributed by atoms with Crippen LogP contribution in [0.15, 0.2) is 0 Å². The molecule has 158 valence electrons. The Hall–Kier alpha value is 0.274. The normalized spacial score (nSPS) is 15.0. The predicted octanol–water partition coefficient (Wildman–Crippen LogP) is 5.93. The molecule has 26 heavy (non-hydrogen) atoms. The standard InChI is InChI=1S/C20H46O4Si2/c1-17(2,3)21-25(22-18(4,5)6)15-14-16-26(13,23-19(7,8)9)24-20(10,11)12/h25H,14-16H2,1-13H3. The Labute approximate surface area is 166 Å². The van der Waals surface area contributed by atoms with Gasteiger partial charge in [0.15, 0.2) is 0 Å². The van der Waals surface area contributed by atoms with Crippen molar-refractivity contribution in [1.82, 2.24) is 0 Å². The maximum Gasteiger partial charge on any atom is 0.335 e. The summed E-state index contributed by atoms with van der Waals surface area (Å²) < 4.78 is 25.4. The van der Waals surface area contributed by atoms with Crippen molar-refractivity contribution in [3.8, 4) is 0 Å². The van der Waals surface area contributed by atoms with Crippen LogP contribution in [0, 0.1) is 0 Å². The molecule has 0 heterocycles. The molecule has 6 heteroatoms. The third-order valence-corrected chi connectivity index (χ3v) is 9.25. The quantitative estimate of drug-likeness (QED) is 0.468. The highest BCUT2D eigenvalue weighted by Gasteiger charge is 2.39. The Morgan fingerprint density at radius 3 is 1.23 bits per heavy atom. The Kier molecular flexibility index (Phi) is 9.28. The molecule has 0 aliphatic rings. The highest BCUT2D eigenvalue weighted by atomic mass is 28.4. The number of rotatable bonds is 8. The van der Waals surface area contributed by atoms with Crippen LogP contribution >= 0.6 is 0 Å². The highest BCUT2D eigenvalue weighted by molar-refractivity contribution is 6.66. The van der Waals surface area contributed by atoms with Crippen molar-refractivity contribution >= 4 is 17.8 Å². The van der Waals surface area contributed by atoms with Crippen molar-refractivity contribution in [3.63, 3.8) is 0 Å². The van der Waals surface area contributed by atoms with Gasteiger partial charge in [-0.25, -0.2) is 0 Å². The fraction of sp³-hybridized carbons (Fsp3) is 1.00. The topological polar surface area (TPSA) is 36.9 Å². The van der Waals surface area contributed by atoms with Gasteiger partial charge < -0.3 is 17.7 Å². The highest BCUT2D eigenvalue weighted by Crippen LogP contribution is 2.29. The molecule has 0 aliphatic carbocycles. The first-order valence-corrected chi connectivity index (χ1v) is 14.2. The molecule has 0 fully saturated rings. The van der Waals surface area contributed by atoms with Crippen LogP contribution in [0.2, 0.25) is 18.6 Å². The van der Waals surface area contributed by atoms with Crippen molar-refractivity contribution < 1.29 is 17.7 Å². The van der Waals surface area contributed by atoms with Crippen LogP contribution in [0.5, 0.6) is 0 Å². The molecule has 0 aromatic rings. The molecule has 0 atom stereocenters. The van der Waals surface area contributed by atoms with Crippen LogP contribution in [0.3, 0.4) is 0 Å². The van der Waals surface area contributed by atoms with Crippen LogP contribution in [-0.2, 0) is 17.7 Å². The van der Waals surface area contributed by atoms with E-state index in [1.807, 2.05) is 0 Å². The van der Waals surface area contributed by atoms with Crippen molar-refractivity contribution in [3.05, 3.63) is 0 Å². The molecule has 0 spiro atoms. The maximum atomic E-state index is 6.44. The second kappa shape index (κ2) is 9.18. The zero-order chi connectivity index (χ0) is 21.0. The van der Waals surface area contributed by atoms with E-state index in [0.717, 1.165) is 18.5 Å². The third-order valence-electron chi connectivity index (χ3n) is 3.08. The molecule has 0 bridgehead atoms. The first-order valence-electron chi connectivity index (χ1n) is 9.96. The lowest BCUT2D eigenvalue weighted by Crippen LogP contribution is -2.49. The second-order valence-corrected chi connectivity index (χ2v) is 16.4. The summed E-state index contributed by atoms with van der Waals surface area (Å²) in [4.78, 5) is 0. The lowest BCUT2D eigenvalue weighted by atomic mass is 10.2. The largest absolute Gasteiger partial charge is 0.392 e. The van der Waals surface area contributed by atoms with Crippen LogP contribution in [-0.4, -0.2) is 40.2 Å². The summed E-state index contributed by atoms with van der Waals surface area (Å²) in [6.45, 7) is 27.4. The summed E-state index contributed by atoms with van der Waals surface area (Å²) in [6, 6.07) is 1.92. The molecule has 0 rings (SSSR count). The SMILES string of the molecule is CC(C)(C)O[SiH](CCC[Si](C)(OC(C)(C)C)OC(C)(C)C)OC(C)(C)C. The number of hydrogen-bond donors (Lipinski definition) is 0. The third kappa shape index (κ3) is 15.3. The lowest BCUT2D eigenvalue weighted by Gasteiger charge is -2.39. The van der Waals surface area contributed by atoms with Gasteiger partial charge in [0.1, 0.15) is 0 Å². The van der Waals surface area contributed by atoms with Crippen LogP contribution in [0.4, 0.5) is 0 Å². The molecule has 0 saturated heterocycles. The summed E-state index contributed by atoms with van der Waals surface area (Å²) in [5.41, 5.74) is -0.751. The minimum Gasteiger partial charge on any atom is -0.392 e. The summed E-state index contributed by atoms with van der Waals surface area (Å²) >= 11 is 0. The van der Waals surface area contributed by atoms with Gasteiger partial charge in [0.2, 0.25) is 0 Å². The predicted molar refractivity (Wildman–Crippen MR) is 116 cm³/mol. The smallest absolute Gasteiger partial charge is 0.335 e. The van der Waals surface area contributed by atoms with Crippen molar-refractivity contribution in [1.29, 1.82) is 0 Å². The van der Waals surface area contributed by atoms with Gasteiger partial charge in [-0.1, -0.05) is 0 Å². The Morgan fingerprint density at radius 2 is 0.962 bits per heavy atom. The summed E-state index contributed by atoms with van der Waals surface area (Å²) in [5.74, 6) is 0. The van der Waals surface area contributed by atoms with Gasteiger partial charge in [0.25, 0.3) is 0 Å². The summed E-state index contributed by atoms with van der Waals surface area (Å²) in [5, 5.41) is 0. The van der Waals surface area contributed by atoms with E-state index < -0.39 is 17.8 Å². The van der Waals surface area contributed by atoms with E-state index in [9.17, 15) is 0 Å². The minimum atomic E-state index is -2.29. The van der Waals surface area contributed by atoms with Crippen molar-refractivity contribution in [2.45, 2.75) is 131 Å². The number of hydrogen-bond acceptors (Lipinski definition) is 4. The Bertz CT molecular complexity index is 379. The molecule has 0 N–H and O–H groups in total.